The van der Waals surface area contributed by atoms with E-state index < -0.39 is 5.97 Å². The quantitative estimate of drug-likeness (QED) is 0.497. The number of allylic oxidation sites excluding steroid dienone is 4. The SMILES string of the molecule is C=C(C)/C=C/C(C)=C\C(=O)O. The molecule has 0 aromatic heterocycles. The molecule has 0 radical (unpaired) electrons. The fraction of sp³-hybridized carbons (Fsp3) is 0.222. The van der Waals surface area contributed by atoms with Crippen molar-refractivity contribution >= 4 is 5.97 Å². The van der Waals surface area contributed by atoms with E-state index in [0.29, 0.717) is 5.57 Å². The summed E-state index contributed by atoms with van der Waals surface area (Å²) >= 11 is 0. The lowest BCUT2D eigenvalue weighted by molar-refractivity contribution is -0.131. The Balaban J connectivity index is 4.17. The molecule has 0 atom stereocenters. The minimum Gasteiger partial charge on any atom is -0.478 e. The molecule has 0 amide bonds. The Hall–Kier alpha value is -1.31. The van der Waals surface area contributed by atoms with Gasteiger partial charge in [0, 0.05) is 6.08 Å². The highest BCUT2D eigenvalue weighted by atomic mass is 16.4. The largest absolute Gasteiger partial charge is 0.478 e. The van der Waals surface area contributed by atoms with E-state index in [0.717, 1.165) is 11.6 Å². The minimum absolute atomic E-state index is 0.709. The average molecular weight is 152 g/mol. The lowest BCUT2D eigenvalue weighted by Gasteiger charge is -1.88. The predicted octanol–water partition coefficient (Wildman–Crippen LogP) is 2.15. The molecule has 0 aromatic rings. The van der Waals surface area contributed by atoms with E-state index in [1.54, 1.807) is 19.1 Å². The number of carboxylic acid groups (broad SMARTS) is 1. The van der Waals surface area contributed by atoms with Gasteiger partial charge in [0.2, 0.25) is 0 Å². The van der Waals surface area contributed by atoms with E-state index in [2.05, 4.69) is 6.58 Å². The maximum Gasteiger partial charge on any atom is 0.328 e. The first-order valence-corrected chi connectivity index (χ1v) is 3.27. The maximum atomic E-state index is 10.1. The number of aliphatic carboxylic acids is 1. The van der Waals surface area contributed by atoms with Gasteiger partial charge in [-0.15, -0.1) is 0 Å². The van der Waals surface area contributed by atoms with Crippen LogP contribution in [0.5, 0.6) is 0 Å². The van der Waals surface area contributed by atoms with Gasteiger partial charge in [-0.25, -0.2) is 4.79 Å². The van der Waals surface area contributed by atoms with E-state index in [4.69, 9.17) is 5.11 Å². The first kappa shape index (κ1) is 9.69. The highest BCUT2D eigenvalue weighted by molar-refractivity contribution is 5.81. The molecule has 0 rings (SSSR count). The summed E-state index contributed by atoms with van der Waals surface area (Å²) < 4.78 is 0. The summed E-state index contributed by atoms with van der Waals surface area (Å²) in [4.78, 5) is 10.1. The molecule has 0 saturated carbocycles. The number of carbonyl (C=O) groups is 1. The molecule has 0 fully saturated rings. The summed E-state index contributed by atoms with van der Waals surface area (Å²) in [7, 11) is 0. The smallest absolute Gasteiger partial charge is 0.328 e. The van der Waals surface area contributed by atoms with E-state index in [9.17, 15) is 4.79 Å². The highest BCUT2D eigenvalue weighted by Gasteiger charge is 1.88. The molecule has 0 bridgehead atoms. The van der Waals surface area contributed by atoms with Crippen LogP contribution in [-0.4, -0.2) is 11.1 Å². The molecule has 60 valence electrons. The molecule has 0 aliphatic rings. The van der Waals surface area contributed by atoms with Crippen LogP contribution in [0.4, 0.5) is 0 Å². The predicted molar refractivity (Wildman–Crippen MR) is 45.3 cm³/mol. The van der Waals surface area contributed by atoms with Crippen molar-refractivity contribution in [2.24, 2.45) is 0 Å². The van der Waals surface area contributed by atoms with Crippen molar-refractivity contribution in [3.8, 4) is 0 Å². The molecule has 0 unspecified atom stereocenters. The Labute approximate surface area is 66.5 Å². The molecule has 0 aliphatic heterocycles. The normalized spacial score (nSPS) is 12.0. The molecule has 11 heavy (non-hydrogen) atoms. The van der Waals surface area contributed by atoms with Crippen LogP contribution < -0.4 is 0 Å². The van der Waals surface area contributed by atoms with Crippen LogP contribution >= 0.6 is 0 Å². The molecule has 0 spiro atoms. The summed E-state index contributed by atoms with van der Waals surface area (Å²) in [6.45, 7) is 7.23. The van der Waals surface area contributed by atoms with Gasteiger partial charge in [-0.2, -0.15) is 0 Å². The van der Waals surface area contributed by atoms with Crippen LogP contribution in [0.1, 0.15) is 13.8 Å². The number of rotatable bonds is 3. The molecule has 2 nitrogen and oxygen atoms in total. The second-order valence-corrected chi connectivity index (χ2v) is 2.41. The first-order valence-electron chi connectivity index (χ1n) is 3.27. The molecule has 0 saturated heterocycles. The summed E-state index contributed by atoms with van der Waals surface area (Å²) in [5.41, 5.74) is 1.61. The lowest BCUT2D eigenvalue weighted by atomic mass is 10.2. The maximum absolute atomic E-state index is 10.1. The van der Waals surface area contributed by atoms with E-state index >= 15 is 0 Å². The monoisotopic (exact) mass is 152 g/mol. The first-order chi connectivity index (χ1) is 5.02. The van der Waals surface area contributed by atoms with Gasteiger partial charge in [-0.1, -0.05) is 24.3 Å². The number of hydrogen-bond acceptors (Lipinski definition) is 1. The Bertz CT molecular complexity index is 222. The van der Waals surface area contributed by atoms with Crippen LogP contribution in [0.25, 0.3) is 0 Å². The molecule has 1 N–H and O–H groups in total. The summed E-state index contributed by atoms with van der Waals surface area (Å²) in [6, 6.07) is 0. The van der Waals surface area contributed by atoms with Crippen molar-refractivity contribution < 1.29 is 9.90 Å². The van der Waals surface area contributed by atoms with Crippen LogP contribution in [0, 0.1) is 0 Å². The summed E-state index contributed by atoms with van der Waals surface area (Å²) in [5, 5.41) is 8.32. The van der Waals surface area contributed by atoms with E-state index in [1.807, 2.05) is 6.92 Å². The number of carboxylic acids is 1. The van der Waals surface area contributed by atoms with Crippen LogP contribution in [-0.2, 0) is 4.79 Å². The fourth-order valence-corrected chi connectivity index (χ4v) is 0.517. The molecule has 2 heteroatoms. The van der Waals surface area contributed by atoms with E-state index in [-0.39, 0.29) is 0 Å². The van der Waals surface area contributed by atoms with Crippen LogP contribution in [0.15, 0.2) is 36.0 Å². The second kappa shape index (κ2) is 4.50. The Morgan fingerprint density at radius 3 is 2.27 bits per heavy atom. The Morgan fingerprint density at radius 1 is 1.36 bits per heavy atom. The fourth-order valence-electron chi connectivity index (χ4n) is 0.517. The van der Waals surface area contributed by atoms with Crippen molar-refractivity contribution in [2.45, 2.75) is 13.8 Å². The van der Waals surface area contributed by atoms with Gasteiger partial charge in [0.15, 0.2) is 0 Å². The minimum atomic E-state index is -0.922. The van der Waals surface area contributed by atoms with E-state index in [1.165, 1.54) is 0 Å². The van der Waals surface area contributed by atoms with Gasteiger partial charge >= 0.3 is 5.97 Å². The lowest BCUT2D eigenvalue weighted by Crippen LogP contribution is -1.87. The van der Waals surface area contributed by atoms with Crippen molar-refractivity contribution in [3.05, 3.63) is 36.0 Å². The zero-order valence-electron chi connectivity index (χ0n) is 6.79. The van der Waals surface area contributed by atoms with Crippen molar-refractivity contribution in [3.63, 3.8) is 0 Å². The highest BCUT2D eigenvalue weighted by Crippen LogP contribution is 1.97. The molecule has 0 aromatic carbocycles. The van der Waals surface area contributed by atoms with Gasteiger partial charge in [0.25, 0.3) is 0 Å². The van der Waals surface area contributed by atoms with Gasteiger partial charge in [0.05, 0.1) is 0 Å². The standard InChI is InChI=1S/C9H12O2/c1-7(2)4-5-8(3)6-9(10)11/h4-6H,1H2,2-3H3,(H,10,11)/b5-4+,8-6-. The Morgan fingerprint density at radius 2 is 1.91 bits per heavy atom. The van der Waals surface area contributed by atoms with Crippen molar-refractivity contribution in [1.29, 1.82) is 0 Å². The third kappa shape index (κ3) is 6.58. The van der Waals surface area contributed by atoms with Gasteiger partial charge in [-0.3, -0.25) is 0 Å². The second-order valence-electron chi connectivity index (χ2n) is 2.41. The molecule has 0 aliphatic carbocycles. The molecular formula is C9H12O2. The Kier molecular flexibility index (Phi) is 3.96. The topological polar surface area (TPSA) is 37.3 Å². The van der Waals surface area contributed by atoms with Crippen molar-refractivity contribution in [2.75, 3.05) is 0 Å². The van der Waals surface area contributed by atoms with Crippen LogP contribution in [0.2, 0.25) is 0 Å². The summed E-state index contributed by atoms with van der Waals surface area (Å²) in [5.74, 6) is -0.922. The third-order valence-electron chi connectivity index (χ3n) is 0.982. The summed E-state index contributed by atoms with van der Waals surface area (Å²) in [6.07, 6.45) is 4.64. The van der Waals surface area contributed by atoms with Gasteiger partial charge in [-0.05, 0) is 19.4 Å². The molecule has 0 heterocycles. The zero-order valence-corrected chi connectivity index (χ0v) is 6.79. The zero-order chi connectivity index (χ0) is 8.85. The average Bonchev–Trinajstić information content (AvgIpc) is 1.82. The van der Waals surface area contributed by atoms with Crippen molar-refractivity contribution in [1.82, 2.24) is 0 Å². The number of hydrogen-bond donors (Lipinski definition) is 1. The van der Waals surface area contributed by atoms with Crippen LogP contribution in [0.3, 0.4) is 0 Å². The third-order valence-corrected chi connectivity index (χ3v) is 0.982. The molecular weight excluding hydrogens is 140 g/mol. The van der Waals surface area contributed by atoms with Gasteiger partial charge in [0.1, 0.15) is 0 Å². The van der Waals surface area contributed by atoms with Gasteiger partial charge < -0.3 is 5.11 Å².